The van der Waals surface area contributed by atoms with Gasteiger partial charge in [-0.3, -0.25) is 0 Å². The lowest BCUT2D eigenvalue weighted by Gasteiger charge is -2.30. The van der Waals surface area contributed by atoms with E-state index < -0.39 is 6.87 Å². The van der Waals surface area contributed by atoms with Gasteiger partial charge >= 0.3 is 6.87 Å². The molecule has 1 aromatic rings. The molecule has 1 heterocycles. The van der Waals surface area contributed by atoms with Gasteiger partial charge in [0.2, 0.25) is 0 Å². The Morgan fingerprint density at radius 1 is 1.35 bits per heavy atom. The van der Waals surface area contributed by atoms with Crippen LogP contribution in [0.5, 0.6) is 0 Å². The zero-order valence-electron chi connectivity index (χ0n) is 9.05. The summed E-state index contributed by atoms with van der Waals surface area (Å²) < 4.78 is 19.0. The summed E-state index contributed by atoms with van der Waals surface area (Å²) in [6.07, 6.45) is 1.86. The van der Waals surface area contributed by atoms with E-state index in [2.05, 4.69) is 0 Å². The van der Waals surface area contributed by atoms with Gasteiger partial charge in [-0.2, -0.15) is 0 Å². The van der Waals surface area contributed by atoms with E-state index in [0.29, 0.717) is 24.7 Å². The molecule has 0 fully saturated rings. The molecule has 0 unspecified atom stereocenters. The average Bonchev–Trinajstić information content (AvgIpc) is 2.33. The summed E-state index contributed by atoms with van der Waals surface area (Å²) in [6.45, 7) is -2.35. The van der Waals surface area contributed by atoms with E-state index in [4.69, 9.17) is 27.4 Å². The fraction of sp³-hybridized carbons (Fsp3) is 0.273. The zero-order valence-corrected chi connectivity index (χ0v) is 11.5. The lowest BCUT2D eigenvalue weighted by Crippen LogP contribution is -2.25. The predicted molar refractivity (Wildman–Crippen MR) is 71.3 cm³/mol. The van der Waals surface area contributed by atoms with Crippen molar-refractivity contribution in [3.8, 4) is 0 Å². The normalized spacial score (nSPS) is 25.2. The van der Waals surface area contributed by atoms with E-state index in [0.717, 1.165) is 5.56 Å². The van der Waals surface area contributed by atoms with Crippen LogP contribution in [0.4, 0.5) is 0 Å². The smallest absolute Gasteiger partial charge is 0.412 e. The molecule has 2 rings (SSSR count). The summed E-state index contributed by atoms with van der Waals surface area (Å²) in [5.74, 6) is 0.934. The molecule has 0 spiro atoms. The Morgan fingerprint density at radius 3 is 2.65 bits per heavy atom. The molecule has 0 saturated carbocycles. The second-order valence-electron chi connectivity index (χ2n) is 3.58. The summed E-state index contributed by atoms with van der Waals surface area (Å²) in [4.78, 5) is 0. The molecular formula is C11H12Cl2NO2P. The third-order valence-electron chi connectivity index (χ3n) is 2.44. The van der Waals surface area contributed by atoms with E-state index >= 15 is 0 Å². The maximum absolute atomic E-state index is 12.1. The number of halogens is 2. The molecule has 0 amide bonds. The molecule has 3 nitrogen and oxygen atoms in total. The lowest BCUT2D eigenvalue weighted by atomic mass is 10.2. The molecule has 0 N–H and O–H groups in total. The third kappa shape index (κ3) is 3.05. The zero-order chi connectivity index (χ0) is 12.3. The molecular weight excluding hydrogens is 280 g/mol. The maximum Gasteiger partial charge on any atom is 0.412 e. The van der Waals surface area contributed by atoms with E-state index in [1.165, 1.54) is 0 Å². The lowest BCUT2D eigenvalue weighted by molar-refractivity contribution is 0.366. The van der Waals surface area contributed by atoms with Gasteiger partial charge < -0.3 is 4.52 Å². The van der Waals surface area contributed by atoms with Crippen LogP contribution in [0.1, 0.15) is 5.56 Å². The van der Waals surface area contributed by atoms with Crippen LogP contribution in [-0.4, -0.2) is 23.6 Å². The van der Waals surface area contributed by atoms with Crippen LogP contribution in [0, 0.1) is 0 Å². The van der Waals surface area contributed by atoms with Crippen molar-refractivity contribution in [1.82, 2.24) is 4.67 Å². The van der Waals surface area contributed by atoms with Gasteiger partial charge in [-0.15, -0.1) is 11.6 Å². The number of hydrogen-bond acceptors (Lipinski definition) is 2. The van der Waals surface area contributed by atoms with Gasteiger partial charge in [-0.05, 0) is 6.08 Å². The number of nitrogens with zero attached hydrogens (tertiary/aromatic N) is 1. The third-order valence-corrected chi connectivity index (χ3v) is 4.92. The van der Waals surface area contributed by atoms with Crippen LogP contribution in [0.3, 0.4) is 0 Å². The maximum atomic E-state index is 12.1. The van der Waals surface area contributed by atoms with Crippen molar-refractivity contribution >= 4 is 35.5 Å². The number of alkyl halides is 1. The van der Waals surface area contributed by atoms with Gasteiger partial charge in [0.15, 0.2) is 0 Å². The van der Waals surface area contributed by atoms with Crippen LogP contribution in [0.2, 0.25) is 0 Å². The Hall–Kier alpha value is -0.470. The van der Waals surface area contributed by atoms with Crippen molar-refractivity contribution in [3.05, 3.63) is 42.0 Å². The highest BCUT2D eigenvalue weighted by atomic mass is 35.7. The highest BCUT2D eigenvalue weighted by molar-refractivity contribution is 7.83. The van der Waals surface area contributed by atoms with E-state index in [-0.39, 0.29) is 0 Å². The molecule has 1 atom stereocenters. The first-order valence-electron chi connectivity index (χ1n) is 5.20. The van der Waals surface area contributed by atoms with Crippen molar-refractivity contribution in [2.45, 2.75) is 0 Å². The predicted octanol–water partition coefficient (Wildman–Crippen LogP) is 3.95. The van der Waals surface area contributed by atoms with Gasteiger partial charge in [0.25, 0.3) is 0 Å². The first kappa shape index (κ1) is 13.0. The number of benzene rings is 1. The second kappa shape index (κ2) is 5.45. The molecule has 0 saturated heterocycles. The Labute approximate surface area is 110 Å². The Kier molecular flexibility index (Phi) is 4.16. The molecule has 0 radical (unpaired) electrons. The Bertz CT molecular complexity index is 464. The average molecular weight is 292 g/mol. The summed E-state index contributed by atoms with van der Waals surface area (Å²) >= 11 is 11.5. The van der Waals surface area contributed by atoms with Gasteiger partial charge in [-0.1, -0.05) is 30.3 Å². The molecule has 0 aliphatic carbocycles. The largest absolute Gasteiger partial charge is 0.422 e. The minimum Gasteiger partial charge on any atom is -0.422 e. The first-order valence-corrected chi connectivity index (χ1v) is 8.21. The Morgan fingerprint density at radius 2 is 2.06 bits per heavy atom. The van der Waals surface area contributed by atoms with Crippen molar-refractivity contribution < 1.29 is 9.09 Å². The van der Waals surface area contributed by atoms with Crippen LogP contribution in [0.25, 0.3) is 5.76 Å². The topological polar surface area (TPSA) is 29.5 Å². The highest BCUT2D eigenvalue weighted by Crippen LogP contribution is 2.60. The Balaban J connectivity index is 2.22. The number of rotatable bonds is 3. The summed E-state index contributed by atoms with van der Waals surface area (Å²) in [5.41, 5.74) is 0.874. The van der Waals surface area contributed by atoms with Gasteiger partial charge in [0, 0.05) is 35.8 Å². The summed E-state index contributed by atoms with van der Waals surface area (Å²) in [5, 5.41) is 0. The van der Waals surface area contributed by atoms with Crippen molar-refractivity contribution in [2.75, 3.05) is 19.0 Å². The minimum atomic E-state index is -3.28. The molecule has 92 valence electrons. The van der Waals surface area contributed by atoms with Crippen LogP contribution < -0.4 is 0 Å². The van der Waals surface area contributed by atoms with Crippen LogP contribution in [0.15, 0.2) is 36.4 Å². The highest BCUT2D eigenvalue weighted by Gasteiger charge is 2.34. The minimum absolute atomic E-state index is 0.370. The number of hydrogen-bond donors (Lipinski definition) is 0. The van der Waals surface area contributed by atoms with Crippen molar-refractivity contribution in [1.29, 1.82) is 0 Å². The molecule has 0 aromatic heterocycles. The SMILES string of the molecule is O=[P@@]1(Cl)OC(c2ccccc2)=CCN1CCCl. The molecule has 1 aromatic carbocycles. The standard InChI is InChI=1S/C11H12Cl2NO2P/c12-7-9-14-8-6-11(16-17(14,13)15)10-4-2-1-3-5-10/h1-6H,7-9H2/t17-/m0/s1. The fourth-order valence-corrected chi connectivity index (χ4v) is 3.69. The molecule has 17 heavy (non-hydrogen) atoms. The molecule has 0 bridgehead atoms. The van der Waals surface area contributed by atoms with E-state index in [1.807, 2.05) is 36.4 Å². The quantitative estimate of drug-likeness (QED) is 0.624. The van der Waals surface area contributed by atoms with Crippen molar-refractivity contribution in [3.63, 3.8) is 0 Å². The van der Waals surface area contributed by atoms with Gasteiger partial charge in [0.05, 0.1) is 0 Å². The van der Waals surface area contributed by atoms with Crippen LogP contribution >= 0.6 is 29.7 Å². The van der Waals surface area contributed by atoms with Crippen molar-refractivity contribution in [2.24, 2.45) is 0 Å². The van der Waals surface area contributed by atoms with Crippen LogP contribution in [-0.2, 0) is 9.09 Å². The fourth-order valence-electron chi connectivity index (χ4n) is 1.58. The monoisotopic (exact) mass is 291 g/mol. The molecule has 1 aliphatic heterocycles. The first-order chi connectivity index (χ1) is 8.13. The second-order valence-corrected chi connectivity index (χ2v) is 6.89. The van der Waals surface area contributed by atoms with E-state index in [1.54, 1.807) is 4.67 Å². The van der Waals surface area contributed by atoms with Gasteiger partial charge in [0.1, 0.15) is 5.76 Å². The molecule has 1 aliphatic rings. The summed E-state index contributed by atoms with van der Waals surface area (Å²) in [6, 6.07) is 9.47. The van der Waals surface area contributed by atoms with Gasteiger partial charge in [-0.25, -0.2) is 9.24 Å². The molecule has 6 heteroatoms. The van der Waals surface area contributed by atoms with E-state index in [9.17, 15) is 4.57 Å². The summed E-state index contributed by atoms with van der Waals surface area (Å²) in [7, 11) is 0.